The van der Waals surface area contributed by atoms with Crippen molar-refractivity contribution in [2.24, 2.45) is 0 Å². The van der Waals surface area contributed by atoms with E-state index in [1.807, 2.05) is 0 Å². The third-order valence-electron chi connectivity index (χ3n) is 5.36. The average molecular weight is 822 g/mol. The number of hydrogen-bond acceptors (Lipinski definition) is 5. The van der Waals surface area contributed by atoms with Gasteiger partial charge in [0.2, 0.25) is 0 Å². The van der Waals surface area contributed by atoms with Crippen LogP contribution in [0.15, 0.2) is 0 Å². The summed E-state index contributed by atoms with van der Waals surface area (Å²) in [4.78, 5) is 0. The zero-order chi connectivity index (χ0) is 39.9. The van der Waals surface area contributed by atoms with Crippen LogP contribution in [0.2, 0.25) is 32.2 Å². The van der Waals surface area contributed by atoms with Gasteiger partial charge in [-0.25, -0.2) is 0 Å². The van der Waals surface area contributed by atoms with Crippen molar-refractivity contribution >= 4 is 17.4 Å². The number of rotatable bonds is 17. The molecule has 0 aromatic heterocycles. The maximum absolute atomic E-state index is 14.6. The Hall–Kier alpha value is -1.38. The number of ether oxygens (including phenoxy) is 4. The van der Waals surface area contributed by atoms with Crippen molar-refractivity contribution in [3.8, 4) is 0 Å². The molecular weight excluding hydrogens is 801 g/mol. The SMILES string of the molecule is C[SiH](C)O[Si](C)(C)CCCOCC(F)(OC(F)(F)C(F)(OC(F)(F)C(F)(OC(F)(F)C(F)(F)C(F)(F)F)C(F)(F)F)C(F)(F)F)C(F)(F)F. The summed E-state index contributed by atoms with van der Waals surface area (Å²) in [5, 5.41) is 0. The lowest BCUT2D eigenvalue weighted by Crippen LogP contribution is -2.70. The van der Waals surface area contributed by atoms with Gasteiger partial charge in [0.25, 0.3) is 0 Å². The van der Waals surface area contributed by atoms with Gasteiger partial charge in [0.1, 0.15) is 6.61 Å². The van der Waals surface area contributed by atoms with Crippen LogP contribution in [0.5, 0.6) is 0 Å². The van der Waals surface area contributed by atoms with Gasteiger partial charge >= 0.3 is 66.5 Å². The number of halogens is 23. The molecule has 0 spiro atoms. The average Bonchev–Trinajstić information content (AvgIpc) is 2.78. The molecule has 0 aromatic rings. The molecule has 0 heterocycles. The Morgan fingerprint density at radius 3 is 1.18 bits per heavy atom. The van der Waals surface area contributed by atoms with Gasteiger partial charge in [-0.1, -0.05) is 0 Å². The highest BCUT2D eigenvalue weighted by Crippen LogP contribution is 2.59. The summed E-state index contributed by atoms with van der Waals surface area (Å²) in [6.45, 7) is 2.32. The van der Waals surface area contributed by atoms with Crippen molar-refractivity contribution in [2.45, 2.75) is 105 Å². The number of alkyl halides is 23. The molecule has 0 fully saturated rings. The smallest absolute Gasteiger partial charge is 0.458 e. The molecule has 0 radical (unpaired) electrons. The van der Waals surface area contributed by atoms with Crippen molar-refractivity contribution in [1.29, 1.82) is 0 Å². The monoisotopic (exact) mass is 822 g/mol. The van der Waals surface area contributed by atoms with Crippen LogP contribution in [0.1, 0.15) is 6.42 Å². The van der Waals surface area contributed by atoms with Gasteiger partial charge in [-0.05, 0) is 38.7 Å². The fourth-order valence-electron chi connectivity index (χ4n) is 3.15. The molecule has 0 aliphatic rings. The van der Waals surface area contributed by atoms with Gasteiger partial charge in [-0.15, -0.1) is 0 Å². The predicted molar refractivity (Wildman–Crippen MR) is 116 cm³/mol. The minimum atomic E-state index is -8.67. The Morgan fingerprint density at radius 2 is 0.857 bits per heavy atom. The number of hydrogen-bond donors (Lipinski definition) is 0. The molecule has 0 aliphatic heterocycles. The van der Waals surface area contributed by atoms with Crippen molar-refractivity contribution < 1.29 is 124 Å². The summed E-state index contributed by atoms with van der Waals surface area (Å²) in [6, 6.07) is -0.0225. The van der Waals surface area contributed by atoms with Gasteiger partial charge in [0.05, 0.1) is 0 Å². The summed E-state index contributed by atoms with van der Waals surface area (Å²) < 4.78 is 322. The van der Waals surface area contributed by atoms with Crippen LogP contribution in [0, 0.1) is 0 Å². The van der Waals surface area contributed by atoms with Gasteiger partial charge < -0.3 is 8.85 Å². The maximum Gasteiger partial charge on any atom is 0.462 e. The fourth-order valence-corrected chi connectivity index (χ4v) is 9.72. The molecule has 0 saturated carbocycles. The molecule has 5 nitrogen and oxygen atoms in total. The first-order chi connectivity index (χ1) is 21.0. The van der Waals surface area contributed by atoms with E-state index in [0.29, 0.717) is 0 Å². The largest absolute Gasteiger partial charge is 0.462 e. The second kappa shape index (κ2) is 14.2. The summed E-state index contributed by atoms with van der Waals surface area (Å²) in [5.41, 5.74) is 0. The van der Waals surface area contributed by atoms with Gasteiger partial charge in [-0.3, -0.25) is 14.2 Å². The van der Waals surface area contributed by atoms with Crippen LogP contribution in [0.3, 0.4) is 0 Å². The molecule has 0 bridgehead atoms. The third-order valence-corrected chi connectivity index (χ3v) is 11.4. The molecule has 49 heavy (non-hydrogen) atoms. The first-order valence-electron chi connectivity index (χ1n) is 12.2. The quantitative estimate of drug-likeness (QED) is 0.0832. The Balaban J connectivity index is 6.81. The van der Waals surface area contributed by atoms with Crippen LogP contribution < -0.4 is 0 Å². The van der Waals surface area contributed by atoms with Gasteiger partial charge in [0.15, 0.2) is 17.4 Å². The molecular formula is C19H21F23O5Si2. The Labute approximate surface area is 260 Å². The Kier molecular flexibility index (Phi) is 13.8. The second-order valence-corrected chi connectivity index (χ2v) is 17.5. The zero-order valence-electron chi connectivity index (χ0n) is 24.1. The molecule has 3 unspecified atom stereocenters. The molecule has 296 valence electrons. The first-order valence-corrected chi connectivity index (χ1v) is 18.1. The molecule has 3 atom stereocenters. The normalized spacial score (nSPS) is 19.1. The molecule has 0 saturated heterocycles. The van der Waals surface area contributed by atoms with Crippen LogP contribution in [0.25, 0.3) is 0 Å². The van der Waals surface area contributed by atoms with Crippen molar-refractivity contribution in [1.82, 2.24) is 0 Å². The summed E-state index contributed by atoms with van der Waals surface area (Å²) in [5.74, 6) is -31.7. The third kappa shape index (κ3) is 10.4. The van der Waals surface area contributed by atoms with E-state index >= 15 is 0 Å². The summed E-state index contributed by atoms with van der Waals surface area (Å²) in [7, 11) is -4.30. The highest BCUT2D eigenvalue weighted by molar-refractivity contribution is 6.77. The molecule has 0 amide bonds. The Morgan fingerprint density at radius 1 is 0.490 bits per heavy atom. The maximum atomic E-state index is 14.6. The highest BCUT2D eigenvalue weighted by Gasteiger charge is 2.88. The van der Waals surface area contributed by atoms with Crippen molar-refractivity contribution in [3.05, 3.63) is 0 Å². The van der Waals surface area contributed by atoms with E-state index in [-0.39, 0.29) is 6.04 Å². The lowest BCUT2D eigenvalue weighted by molar-refractivity contribution is -0.580. The molecule has 0 rings (SSSR count). The van der Waals surface area contributed by atoms with E-state index in [1.165, 1.54) is 4.74 Å². The summed E-state index contributed by atoms with van der Waals surface area (Å²) in [6.07, 6.45) is -57.1. The minimum Gasteiger partial charge on any atom is -0.458 e. The van der Waals surface area contributed by atoms with E-state index in [2.05, 4.69) is 9.47 Å². The van der Waals surface area contributed by atoms with E-state index in [1.54, 1.807) is 26.2 Å². The van der Waals surface area contributed by atoms with Crippen LogP contribution in [0.4, 0.5) is 101 Å². The Bertz CT molecular complexity index is 1090. The van der Waals surface area contributed by atoms with Crippen molar-refractivity contribution in [2.75, 3.05) is 13.2 Å². The predicted octanol–water partition coefficient (Wildman–Crippen LogP) is 9.31. The van der Waals surface area contributed by atoms with E-state index in [0.717, 1.165) is 4.74 Å². The molecule has 0 aromatic carbocycles. The van der Waals surface area contributed by atoms with Crippen LogP contribution in [-0.2, 0) is 23.1 Å². The first kappa shape index (κ1) is 47.6. The van der Waals surface area contributed by atoms with Gasteiger partial charge in [-0.2, -0.15) is 101 Å². The fraction of sp³-hybridized carbons (Fsp3) is 1.00. The zero-order valence-corrected chi connectivity index (χ0v) is 26.3. The van der Waals surface area contributed by atoms with Crippen LogP contribution >= 0.6 is 0 Å². The van der Waals surface area contributed by atoms with E-state index < -0.39 is 104 Å². The minimum absolute atomic E-state index is 0.0225. The lowest BCUT2D eigenvalue weighted by Gasteiger charge is -2.42. The second-order valence-electron chi connectivity index (χ2n) is 10.4. The molecule has 0 N–H and O–H groups in total. The molecule has 0 aliphatic carbocycles. The van der Waals surface area contributed by atoms with Crippen LogP contribution in [-0.4, -0.2) is 97.1 Å². The van der Waals surface area contributed by atoms with E-state index in [9.17, 15) is 101 Å². The topological polar surface area (TPSA) is 46.2 Å². The van der Waals surface area contributed by atoms with Gasteiger partial charge in [0, 0.05) is 6.61 Å². The van der Waals surface area contributed by atoms with Crippen molar-refractivity contribution in [3.63, 3.8) is 0 Å². The highest BCUT2D eigenvalue weighted by atomic mass is 28.4. The van der Waals surface area contributed by atoms with E-state index in [4.69, 9.17) is 4.12 Å². The lowest BCUT2D eigenvalue weighted by atomic mass is 10.2. The standard InChI is InChI=1S/C19H21F23O5Si2/c1-48(2)47-49(3,4)7-5-6-43-8-9(20,13(25,26)27)44-18(39,40)11(23,15(31,32)33)46-19(41,42)12(24,16(34,35)36)45-17(37,38)10(21,22)14(28,29)30/h48H,5-8H2,1-4H3. The molecule has 30 heteroatoms. The summed E-state index contributed by atoms with van der Waals surface area (Å²) >= 11 is 0.